The first-order valence-corrected chi connectivity index (χ1v) is 6.73. The molecule has 20 heavy (non-hydrogen) atoms. The lowest BCUT2D eigenvalue weighted by molar-refractivity contribution is -0.385. The Bertz CT molecular complexity index is 671. The monoisotopic (exact) mass is 336 g/mol. The minimum atomic E-state index is -0.467. The number of hydrogen-bond acceptors (Lipinski definition) is 4. The summed E-state index contributed by atoms with van der Waals surface area (Å²) in [4.78, 5) is 20.4. The van der Waals surface area contributed by atoms with Crippen LogP contribution in [0.5, 0.6) is 0 Å². The van der Waals surface area contributed by atoms with Crippen LogP contribution < -0.4 is 0 Å². The third kappa shape index (κ3) is 2.83. The summed E-state index contributed by atoms with van der Waals surface area (Å²) in [6.45, 7) is 0. The lowest BCUT2D eigenvalue weighted by Crippen LogP contribution is -1.93. The van der Waals surface area contributed by atoms with Gasteiger partial charge in [0.05, 0.1) is 9.85 Å². The summed E-state index contributed by atoms with van der Waals surface area (Å²) in [5, 5.41) is 21.8. The summed E-state index contributed by atoms with van der Waals surface area (Å²) in [6, 6.07) is 10.6. The average Bonchev–Trinajstić information content (AvgIpc) is 2.46. The summed E-state index contributed by atoms with van der Waals surface area (Å²) in [5.74, 6) is 0. The van der Waals surface area contributed by atoms with Gasteiger partial charge < -0.3 is 0 Å². The minimum Gasteiger partial charge on any atom is -0.258 e. The van der Waals surface area contributed by atoms with Crippen LogP contribution in [0.25, 0.3) is 11.1 Å². The van der Waals surface area contributed by atoms with Gasteiger partial charge in [0.15, 0.2) is 0 Å². The van der Waals surface area contributed by atoms with Crippen molar-refractivity contribution in [3.05, 3.63) is 68.3 Å². The van der Waals surface area contributed by atoms with E-state index in [1.165, 1.54) is 24.3 Å². The predicted octanol–water partition coefficient (Wildman–Crippen LogP) is 4.06. The second-order valence-corrected chi connectivity index (χ2v) is 4.60. The molecule has 0 atom stereocenters. The molecule has 0 heterocycles. The summed E-state index contributed by atoms with van der Waals surface area (Å²) in [7, 11) is 0. The molecule has 7 heteroatoms. The first-order valence-electron chi connectivity index (χ1n) is 5.61. The van der Waals surface area contributed by atoms with Crippen LogP contribution in [-0.2, 0) is 5.33 Å². The summed E-state index contributed by atoms with van der Waals surface area (Å²) >= 11 is 3.30. The molecule has 0 aliphatic carbocycles. The van der Waals surface area contributed by atoms with Crippen molar-refractivity contribution in [1.29, 1.82) is 0 Å². The van der Waals surface area contributed by atoms with E-state index in [4.69, 9.17) is 0 Å². The maximum Gasteiger partial charge on any atom is 0.269 e. The molecule has 0 spiro atoms. The van der Waals surface area contributed by atoms with Crippen molar-refractivity contribution >= 4 is 27.3 Å². The average molecular weight is 337 g/mol. The van der Waals surface area contributed by atoms with Crippen molar-refractivity contribution in [3.8, 4) is 11.1 Å². The highest BCUT2D eigenvalue weighted by Gasteiger charge is 2.12. The van der Waals surface area contributed by atoms with Crippen molar-refractivity contribution in [2.24, 2.45) is 0 Å². The zero-order chi connectivity index (χ0) is 14.7. The van der Waals surface area contributed by atoms with Crippen molar-refractivity contribution in [3.63, 3.8) is 0 Å². The lowest BCUT2D eigenvalue weighted by Gasteiger charge is -2.07. The van der Waals surface area contributed by atoms with Gasteiger partial charge in [-0.25, -0.2) is 0 Å². The van der Waals surface area contributed by atoms with Gasteiger partial charge in [0, 0.05) is 29.6 Å². The van der Waals surface area contributed by atoms with Crippen molar-refractivity contribution < 1.29 is 9.85 Å². The van der Waals surface area contributed by atoms with Gasteiger partial charge >= 0.3 is 0 Å². The van der Waals surface area contributed by atoms with Crippen LogP contribution in [0.1, 0.15) is 5.56 Å². The topological polar surface area (TPSA) is 86.3 Å². The fraction of sp³-hybridized carbons (Fsp3) is 0.0769. The molecule has 0 aliphatic rings. The molecule has 0 aliphatic heterocycles. The first-order chi connectivity index (χ1) is 9.52. The van der Waals surface area contributed by atoms with Crippen LogP contribution in [0.3, 0.4) is 0 Å². The molecular formula is C13H9BrN2O4. The summed E-state index contributed by atoms with van der Waals surface area (Å²) < 4.78 is 0. The van der Waals surface area contributed by atoms with E-state index in [9.17, 15) is 20.2 Å². The van der Waals surface area contributed by atoms with Gasteiger partial charge in [-0.3, -0.25) is 20.2 Å². The number of nitrogens with zero attached hydrogens (tertiary/aromatic N) is 2. The maximum absolute atomic E-state index is 10.8. The van der Waals surface area contributed by atoms with E-state index in [-0.39, 0.29) is 11.4 Å². The second-order valence-electron chi connectivity index (χ2n) is 4.04. The number of hydrogen-bond donors (Lipinski definition) is 0. The zero-order valence-electron chi connectivity index (χ0n) is 10.2. The van der Waals surface area contributed by atoms with Crippen LogP contribution in [0.4, 0.5) is 11.4 Å². The number of alkyl halides is 1. The van der Waals surface area contributed by atoms with Crippen LogP contribution in [-0.4, -0.2) is 9.85 Å². The maximum atomic E-state index is 10.8. The normalized spacial score (nSPS) is 10.2. The SMILES string of the molecule is O=[N+]([O-])c1ccc(-c2ccc([N+](=O)[O-])cc2CBr)cc1. The van der Waals surface area contributed by atoms with Gasteiger partial charge in [0.25, 0.3) is 11.4 Å². The molecule has 6 nitrogen and oxygen atoms in total. The standard InChI is InChI=1S/C13H9BrN2O4/c14-8-10-7-12(16(19)20)5-6-13(10)9-1-3-11(4-2-9)15(17)18/h1-7H,8H2. The molecule has 2 rings (SSSR count). The molecule has 0 radical (unpaired) electrons. The molecule has 0 fully saturated rings. The van der Waals surface area contributed by atoms with Gasteiger partial charge in [0.2, 0.25) is 0 Å². The fourth-order valence-corrected chi connectivity index (χ4v) is 2.31. The van der Waals surface area contributed by atoms with Crippen LogP contribution in [0.15, 0.2) is 42.5 Å². The molecule has 102 valence electrons. The number of halogens is 1. The van der Waals surface area contributed by atoms with Crippen molar-refractivity contribution in [2.75, 3.05) is 0 Å². The molecule has 2 aromatic carbocycles. The Morgan fingerprint density at radius 1 is 0.900 bits per heavy atom. The molecule has 0 N–H and O–H groups in total. The number of nitro groups is 2. The predicted molar refractivity (Wildman–Crippen MR) is 77.8 cm³/mol. The number of nitro benzene ring substituents is 2. The molecule has 0 unspecified atom stereocenters. The number of rotatable bonds is 4. The Balaban J connectivity index is 2.46. The summed E-state index contributed by atoms with van der Waals surface area (Å²) in [5.41, 5.74) is 2.37. The quantitative estimate of drug-likeness (QED) is 0.478. The van der Waals surface area contributed by atoms with Gasteiger partial charge in [-0.2, -0.15) is 0 Å². The second kappa shape index (κ2) is 5.79. The Labute approximate surface area is 122 Å². The van der Waals surface area contributed by atoms with Crippen molar-refractivity contribution in [1.82, 2.24) is 0 Å². The highest BCUT2D eigenvalue weighted by molar-refractivity contribution is 9.08. The molecule has 0 amide bonds. The Kier molecular flexibility index (Phi) is 4.09. The van der Waals surface area contributed by atoms with Crippen molar-refractivity contribution in [2.45, 2.75) is 5.33 Å². The van der Waals surface area contributed by atoms with Gasteiger partial charge in [-0.1, -0.05) is 15.9 Å². The van der Waals surface area contributed by atoms with E-state index in [1.807, 2.05) is 0 Å². The molecule has 0 bridgehead atoms. The fourth-order valence-electron chi connectivity index (χ4n) is 1.85. The number of non-ortho nitro benzene ring substituents is 2. The van der Waals surface area contributed by atoms with Gasteiger partial charge in [0.1, 0.15) is 0 Å². The van der Waals surface area contributed by atoms with E-state index in [0.29, 0.717) is 5.33 Å². The third-order valence-electron chi connectivity index (χ3n) is 2.83. The smallest absolute Gasteiger partial charge is 0.258 e. The molecule has 0 saturated carbocycles. The highest BCUT2D eigenvalue weighted by atomic mass is 79.9. The van der Waals surface area contributed by atoms with Crippen LogP contribution >= 0.6 is 15.9 Å². The van der Waals surface area contributed by atoms with E-state index in [0.717, 1.165) is 16.7 Å². The molecular weight excluding hydrogens is 328 g/mol. The largest absolute Gasteiger partial charge is 0.269 e. The van der Waals surface area contributed by atoms with Gasteiger partial charge in [-0.05, 0) is 34.9 Å². The first kappa shape index (κ1) is 14.1. The zero-order valence-corrected chi connectivity index (χ0v) is 11.7. The van der Waals surface area contributed by atoms with E-state index < -0.39 is 9.85 Å². The van der Waals surface area contributed by atoms with Crippen LogP contribution in [0, 0.1) is 20.2 Å². The third-order valence-corrected chi connectivity index (χ3v) is 3.44. The highest BCUT2D eigenvalue weighted by Crippen LogP contribution is 2.30. The Hall–Kier alpha value is -2.28. The Morgan fingerprint density at radius 2 is 1.45 bits per heavy atom. The van der Waals surface area contributed by atoms with E-state index >= 15 is 0 Å². The number of benzene rings is 2. The molecule has 0 saturated heterocycles. The minimum absolute atomic E-state index is 0.0102. The Morgan fingerprint density at radius 3 is 1.95 bits per heavy atom. The van der Waals surface area contributed by atoms with Crippen LogP contribution in [0.2, 0.25) is 0 Å². The molecule has 2 aromatic rings. The summed E-state index contributed by atoms with van der Waals surface area (Å²) in [6.07, 6.45) is 0. The molecule has 0 aromatic heterocycles. The van der Waals surface area contributed by atoms with E-state index in [2.05, 4.69) is 15.9 Å². The van der Waals surface area contributed by atoms with E-state index in [1.54, 1.807) is 18.2 Å². The lowest BCUT2D eigenvalue weighted by atomic mass is 10.00. The van der Waals surface area contributed by atoms with Gasteiger partial charge in [-0.15, -0.1) is 0 Å².